The fourth-order valence-corrected chi connectivity index (χ4v) is 3.58. The normalized spacial score (nSPS) is 12.2. The predicted molar refractivity (Wildman–Crippen MR) is 85.0 cm³/mol. The van der Waals surface area contributed by atoms with Gasteiger partial charge in [0.05, 0.1) is 11.2 Å². The highest BCUT2D eigenvalue weighted by Gasteiger charge is 2.15. The highest BCUT2D eigenvalue weighted by molar-refractivity contribution is 7.89. The van der Waals surface area contributed by atoms with Crippen LogP contribution in [-0.4, -0.2) is 35.2 Å². The molecule has 0 heterocycles. The summed E-state index contributed by atoms with van der Waals surface area (Å²) < 4.78 is 61.2. The molecule has 0 saturated heterocycles. The van der Waals surface area contributed by atoms with Crippen molar-refractivity contribution in [3.63, 3.8) is 0 Å². The number of hydrogen-bond acceptors (Lipinski definition) is 4. The molecule has 0 saturated carbocycles. The van der Waals surface area contributed by atoms with Crippen molar-refractivity contribution in [2.75, 3.05) is 6.26 Å². The standard InChI is InChI=1S/C9H12FNO2S.C4H11NO2S/c1-7(2)11-14(12,13)9-5-3-4-8(10)6-9;1-4(2)5-8(3,6)7/h3-7,11H,1-2H3;4-5H,1-3H3. The van der Waals surface area contributed by atoms with Crippen LogP contribution >= 0.6 is 0 Å². The van der Waals surface area contributed by atoms with E-state index in [0.29, 0.717) is 0 Å². The van der Waals surface area contributed by atoms with E-state index in [0.717, 1.165) is 12.3 Å². The lowest BCUT2D eigenvalue weighted by Gasteiger charge is -2.08. The summed E-state index contributed by atoms with van der Waals surface area (Å²) in [5.41, 5.74) is 0. The van der Waals surface area contributed by atoms with E-state index in [1.165, 1.54) is 18.2 Å². The number of sulfonamides is 2. The van der Waals surface area contributed by atoms with Crippen LogP contribution in [0.2, 0.25) is 0 Å². The summed E-state index contributed by atoms with van der Waals surface area (Å²) in [6.45, 7) is 6.97. The van der Waals surface area contributed by atoms with Crippen molar-refractivity contribution in [2.45, 2.75) is 44.7 Å². The quantitative estimate of drug-likeness (QED) is 0.837. The second-order valence-electron chi connectivity index (χ2n) is 5.28. The molecule has 0 unspecified atom stereocenters. The molecule has 2 N–H and O–H groups in total. The van der Waals surface area contributed by atoms with Crippen molar-refractivity contribution < 1.29 is 21.2 Å². The Kier molecular flexibility index (Phi) is 8.16. The van der Waals surface area contributed by atoms with Crippen molar-refractivity contribution in [1.82, 2.24) is 9.44 Å². The SMILES string of the molecule is CC(C)NS(=O)(=O)c1cccc(F)c1.CC(C)NS(C)(=O)=O. The van der Waals surface area contributed by atoms with Crippen molar-refractivity contribution >= 4 is 20.0 Å². The van der Waals surface area contributed by atoms with Crippen LogP contribution in [0.25, 0.3) is 0 Å². The second-order valence-corrected chi connectivity index (χ2v) is 8.77. The molecule has 0 atom stereocenters. The Morgan fingerprint density at radius 2 is 1.45 bits per heavy atom. The molecule has 1 rings (SSSR count). The van der Waals surface area contributed by atoms with Crippen LogP contribution in [0.15, 0.2) is 29.2 Å². The van der Waals surface area contributed by atoms with Crippen LogP contribution in [-0.2, 0) is 20.0 Å². The molecule has 0 amide bonds. The summed E-state index contributed by atoms with van der Waals surface area (Å²) >= 11 is 0. The molecule has 22 heavy (non-hydrogen) atoms. The Balaban J connectivity index is 0.000000472. The van der Waals surface area contributed by atoms with Crippen molar-refractivity contribution in [1.29, 1.82) is 0 Å². The third-order valence-corrected chi connectivity index (χ3v) is 4.50. The van der Waals surface area contributed by atoms with Gasteiger partial charge in [-0.05, 0) is 45.9 Å². The van der Waals surface area contributed by atoms with Crippen LogP contribution in [0.3, 0.4) is 0 Å². The minimum absolute atomic E-state index is 0.00463. The van der Waals surface area contributed by atoms with Gasteiger partial charge >= 0.3 is 0 Å². The molecule has 128 valence electrons. The van der Waals surface area contributed by atoms with Crippen molar-refractivity contribution in [3.8, 4) is 0 Å². The lowest BCUT2D eigenvalue weighted by atomic mass is 10.4. The summed E-state index contributed by atoms with van der Waals surface area (Å²) in [4.78, 5) is -0.0498. The lowest BCUT2D eigenvalue weighted by molar-refractivity contribution is 0.566. The third-order valence-electron chi connectivity index (χ3n) is 1.95. The summed E-state index contributed by atoms with van der Waals surface area (Å²) in [5.74, 6) is -0.559. The molecule has 0 radical (unpaired) electrons. The van der Waals surface area contributed by atoms with Crippen LogP contribution < -0.4 is 9.44 Å². The zero-order valence-corrected chi connectivity index (χ0v) is 14.9. The Morgan fingerprint density at radius 1 is 0.955 bits per heavy atom. The molecule has 0 aromatic heterocycles. The summed E-state index contributed by atoms with van der Waals surface area (Å²) in [5, 5.41) is 0. The van der Waals surface area contributed by atoms with E-state index < -0.39 is 25.9 Å². The fraction of sp³-hybridized carbons (Fsp3) is 0.538. The maximum Gasteiger partial charge on any atom is 0.240 e. The molecular formula is C13H23FN2O4S2. The van der Waals surface area contributed by atoms with Gasteiger partial charge in [0, 0.05) is 12.1 Å². The van der Waals surface area contributed by atoms with Gasteiger partial charge in [-0.15, -0.1) is 0 Å². The van der Waals surface area contributed by atoms with Gasteiger partial charge in [-0.1, -0.05) is 6.07 Å². The summed E-state index contributed by atoms with van der Waals surface area (Å²) in [6.07, 6.45) is 1.15. The van der Waals surface area contributed by atoms with Gasteiger partial charge in [0.15, 0.2) is 0 Å². The molecule has 0 aliphatic heterocycles. The van der Waals surface area contributed by atoms with Gasteiger partial charge in [-0.25, -0.2) is 30.7 Å². The predicted octanol–water partition coefficient (Wildman–Crippen LogP) is 1.46. The van der Waals surface area contributed by atoms with E-state index in [9.17, 15) is 21.2 Å². The van der Waals surface area contributed by atoms with Gasteiger partial charge in [0.25, 0.3) is 0 Å². The molecule has 1 aromatic rings. The van der Waals surface area contributed by atoms with E-state index in [-0.39, 0.29) is 17.0 Å². The third kappa shape index (κ3) is 9.82. The zero-order valence-electron chi connectivity index (χ0n) is 13.3. The van der Waals surface area contributed by atoms with E-state index in [4.69, 9.17) is 0 Å². The molecule has 0 bridgehead atoms. The topological polar surface area (TPSA) is 92.3 Å². The molecule has 0 aliphatic rings. The molecule has 9 heteroatoms. The highest BCUT2D eigenvalue weighted by Crippen LogP contribution is 2.10. The average molecular weight is 354 g/mol. The monoisotopic (exact) mass is 354 g/mol. The number of hydrogen-bond donors (Lipinski definition) is 2. The van der Waals surface area contributed by atoms with Gasteiger partial charge in [0.2, 0.25) is 20.0 Å². The minimum atomic E-state index is -3.57. The van der Waals surface area contributed by atoms with Crippen molar-refractivity contribution in [3.05, 3.63) is 30.1 Å². The highest BCUT2D eigenvalue weighted by atomic mass is 32.2. The van der Waals surface area contributed by atoms with E-state index in [2.05, 4.69) is 9.44 Å². The minimum Gasteiger partial charge on any atom is -0.213 e. The number of benzene rings is 1. The Hall–Kier alpha value is -1.03. The fourth-order valence-electron chi connectivity index (χ4n) is 1.44. The maximum atomic E-state index is 12.7. The van der Waals surface area contributed by atoms with Gasteiger partial charge in [-0.3, -0.25) is 0 Å². The summed E-state index contributed by atoms with van der Waals surface area (Å²) in [7, 11) is -6.55. The maximum absolute atomic E-state index is 12.7. The first-order valence-electron chi connectivity index (χ1n) is 6.58. The molecule has 0 aliphatic carbocycles. The second kappa shape index (κ2) is 8.56. The zero-order chi connectivity index (χ0) is 17.6. The lowest BCUT2D eigenvalue weighted by Crippen LogP contribution is -2.30. The molecule has 6 nitrogen and oxygen atoms in total. The van der Waals surface area contributed by atoms with Gasteiger partial charge in [0.1, 0.15) is 5.82 Å². The molecular weight excluding hydrogens is 331 g/mol. The van der Waals surface area contributed by atoms with Gasteiger partial charge < -0.3 is 0 Å². The average Bonchev–Trinajstić information content (AvgIpc) is 2.24. The Labute approximate surface area is 132 Å². The summed E-state index contributed by atoms with van der Waals surface area (Å²) in [6, 6.07) is 4.71. The van der Waals surface area contributed by atoms with Crippen molar-refractivity contribution in [2.24, 2.45) is 0 Å². The molecule has 0 spiro atoms. The van der Waals surface area contributed by atoms with Crippen LogP contribution in [0, 0.1) is 5.82 Å². The van der Waals surface area contributed by atoms with Crippen LogP contribution in [0.4, 0.5) is 4.39 Å². The van der Waals surface area contributed by atoms with Gasteiger partial charge in [-0.2, -0.15) is 0 Å². The number of nitrogens with one attached hydrogen (secondary N) is 2. The van der Waals surface area contributed by atoms with Crippen LogP contribution in [0.1, 0.15) is 27.7 Å². The molecule has 0 fully saturated rings. The van der Waals surface area contributed by atoms with E-state index in [1.807, 2.05) is 0 Å². The number of halogens is 1. The smallest absolute Gasteiger partial charge is 0.213 e. The van der Waals surface area contributed by atoms with E-state index >= 15 is 0 Å². The first-order valence-corrected chi connectivity index (χ1v) is 9.96. The van der Waals surface area contributed by atoms with Crippen LogP contribution in [0.5, 0.6) is 0 Å². The largest absolute Gasteiger partial charge is 0.240 e. The Morgan fingerprint density at radius 3 is 1.77 bits per heavy atom. The Bertz CT molecular complexity index is 671. The van der Waals surface area contributed by atoms with E-state index in [1.54, 1.807) is 27.7 Å². The number of rotatable bonds is 5. The first-order chi connectivity index (χ1) is 9.83. The first kappa shape index (κ1) is 21.0. The molecule has 1 aromatic carbocycles.